The highest BCUT2D eigenvalue weighted by Crippen LogP contribution is 2.28. The van der Waals surface area contributed by atoms with Gasteiger partial charge in [0.2, 0.25) is 10.0 Å². The highest BCUT2D eigenvalue weighted by Gasteiger charge is 2.14. The Labute approximate surface area is 133 Å². The van der Waals surface area contributed by atoms with Gasteiger partial charge >= 0.3 is 0 Å². The molecule has 4 nitrogen and oxygen atoms in total. The molecule has 2 aromatic rings. The second-order valence-corrected chi connectivity index (χ2v) is 6.84. The quantitative estimate of drug-likeness (QED) is 0.892. The van der Waals surface area contributed by atoms with Gasteiger partial charge in [0, 0.05) is 5.02 Å². The first-order valence-electron chi connectivity index (χ1n) is 5.99. The monoisotopic (exact) mass is 345 g/mol. The molecule has 0 fully saturated rings. The zero-order valence-electron chi connectivity index (χ0n) is 11.1. The molecular formula is C14H13Cl2NO3S. The van der Waals surface area contributed by atoms with Crippen molar-refractivity contribution in [3.05, 3.63) is 58.1 Å². The third-order valence-electron chi connectivity index (χ3n) is 2.73. The summed E-state index contributed by atoms with van der Waals surface area (Å²) in [5, 5.41) is 0.742. The Hall–Kier alpha value is -1.43. The standard InChI is InChI=1S/C14H13Cl2NO3S/c1-20-14-7-6-11(8-13(14)16)17-21(18,19)9-10-4-2-3-5-12(10)15/h2-8,17H,9H2,1H3. The Bertz CT molecular complexity index is 748. The van der Waals surface area contributed by atoms with Crippen LogP contribution in [0.15, 0.2) is 42.5 Å². The van der Waals surface area contributed by atoms with Gasteiger partial charge in [0.05, 0.1) is 23.6 Å². The van der Waals surface area contributed by atoms with Gasteiger partial charge in [-0.15, -0.1) is 0 Å². The molecular weight excluding hydrogens is 333 g/mol. The predicted molar refractivity (Wildman–Crippen MR) is 85.7 cm³/mol. The van der Waals surface area contributed by atoms with Crippen molar-refractivity contribution in [2.24, 2.45) is 0 Å². The number of halogens is 2. The van der Waals surface area contributed by atoms with Gasteiger partial charge in [0.15, 0.2) is 0 Å². The van der Waals surface area contributed by atoms with E-state index in [-0.39, 0.29) is 5.75 Å². The molecule has 0 radical (unpaired) electrons. The van der Waals surface area contributed by atoms with E-state index in [1.165, 1.54) is 13.2 Å². The smallest absolute Gasteiger partial charge is 0.236 e. The number of ether oxygens (including phenoxy) is 1. The Morgan fingerprint density at radius 3 is 2.43 bits per heavy atom. The lowest BCUT2D eigenvalue weighted by Crippen LogP contribution is -2.15. The Morgan fingerprint density at radius 1 is 1.10 bits per heavy atom. The first kappa shape index (κ1) is 15.9. The molecule has 2 rings (SSSR count). The molecule has 112 valence electrons. The summed E-state index contributed by atoms with van der Waals surface area (Å²) in [6.07, 6.45) is 0. The van der Waals surface area contributed by atoms with Crippen molar-refractivity contribution in [3.63, 3.8) is 0 Å². The SMILES string of the molecule is COc1ccc(NS(=O)(=O)Cc2ccccc2Cl)cc1Cl. The minimum absolute atomic E-state index is 0.212. The van der Waals surface area contributed by atoms with E-state index in [9.17, 15) is 8.42 Å². The molecule has 0 aliphatic carbocycles. The summed E-state index contributed by atoms with van der Waals surface area (Å²) >= 11 is 11.9. The van der Waals surface area contributed by atoms with E-state index >= 15 is 0 Å². The molecule has 0 unspecified atom stereocenters. The van der Waals surface area contributed by atoms with E-state index in [1.807, 2.05) is 0 Å². The Morgan fingerprint density at radius 2 is 1.81 bits per heavy atom. The summed E-state index contributed by atoms with van der Waals surface area (Å²) in [5.41, 5.74) is 0.902. The summed E-state index contributed by atoms with van der Waals surface area (Å²) in [7, 11) is -2.09. The van der Waals surface area contributed by atoms with E-state index in [4.69, 9.17) is 27.9 Å². The molecule has 0 bridgehead atoms. The maximum atomic E-state index is 12.1. The molecule has 0 saturated heterocycles. The fourth-order valence-electron chi connectivity index (χ4n) is 1.77. The maximum Gasteiger partial charge on any atom is 0.236 e. The molecule has 0 aromatic heterocycles. The van der Waals surface area contributed by atoms with Gasteiger partial charge in [-0.3, -0.25) is 4.72 Å². The normalized spacial score (nSPS) is 11.2. The summed E-state index contributed by atoms with van der Waals surface area (Å²) in [6, 6.07) is 11.5. The molecule has 2 aromatic carbocycles. The van der Waals surface area contributed by atoms with Crippen LogP contribution in [0.1, 0.15) is 5.56 Å². The molecule has 0 aliphatic rings. The van der Waals surface area contributed by atoms with Crippen LogP contribution in [-0.2, 0) is 15.8 Å². The largest absolute Gasteiger partial charge is 0.495 e. The summed E-state index contributed by atoms with van der Waals surface area (Å²) in [4.78, 5) is 0. The molecule has 21 heavy (non-hydrogen) atoms. The van der Waals surface area contributed by atoms with E-state index in [0.717, 1.165) is 0 Å². The van der Waals surface area contributed by atoms with Crippen molar-refractivity contribution in [1.29, 1.82) is 0 Å². The first-order chi connectivity index (χ1) is 9.91. The topological polar surface area (TPSA) is 55.4 Å². The van der Waals surface area contributed by atoms with E-state index in [0.29, 0.717) is 27.0 Å². The van der Waals surface area contributed by atoms with E-state index in [1.54, 1.807) is 36.4 Å². The number of rotatable bonds is 5. The number of hydrogen-bond acceptors (Lipinski definition) is 3. The molecule has 0 spiro atoms. The summed E-state index contributed by atoms with van der Waals surface area (Å²) < 4.78 is 31.8. The number of sulfonamides is 1. The zero-order chi connectivity index (χ0) is 15.5. The van der Waals surface area contributed by atoms with Crippen molar-refractivity contribution >= 4 is 38.9 Å². The van der Waals surface area contributed by atoms with Gasteiger partial charge in [-0.2, -0.15) is 0 Å². The van der Waals surface area contributed by atoms with Crippen LogP contribution in [0.4, 0.5) is 5.69 Å². The third-order valence-corrected chi connectivity index (χ3v) is 4.63. The Balaban J connectivity index is 2.18. The van der Waals surface area contributed by atoms with E-state index in [2.05, 4.69) is 4.72 Å². The fourth-order valence-corrected chi connectivity index (χ4v) is 3.52. The molecule has 0 saturated carbocycles. The maximum absolute atomic E-state index is 12.1. The molecule has 0 aliphatic heterocycles. The second-order valence-electron chi connectivity index (χ2n) is 4.30. The van der Waals surface area contributed by atoms with Crippen molar-refractivity contribution in [3.8, 4) is 5.75 Å². The lowest BCUT2D eigenvalue weighted by atomic mass is 10.2. The van der Waals surface area contributed by atoms with Gasteiger partial charge in [-0.05, 0) is 29.8 Å². The lowest BCUT2D eigenvalue weighted by molar-refractivity contribution is 0.415. The van der Waals surface area contributed by atoms with Crippen molar-refractivity contribution in [2.75, 3.05) is 11.8 Å². The van der Waals surface area contributed by atoms with Crippen LogP contribution in [0.2, 0.25) is 10.0 Å². The van der Waals surface area contributed by atoms with Gasteiger partial charge < -0.3 is 4.74 Å². The lowest BCUT2D eigenvalue weighted by Gasteiger charge is -2.10. The van der Waals surface area contributed by atoms with Crippen LogP contribution in [0.25, 0.3) is 0 Å². The van der Waals surface area contributed by atoms with Crippen molar-refractivity contribution in [2.45, 2.75) is 5.75 Å². The Kier molecular flexibility index (Phi) is 4.98. The van der Waals surface area contributed by atoms with Gasteiger partial charge in [0.25, 0.3) is 0 Å². The zero-order valence-corrected chi connectivity index (χ0v) is 13.5. The molecule has 7 heteroatoms. The minimum Gasteiger partial charge on any atom is -0.495 e. The van der Waals surface area contributed by atoms with Crippen LogP contribution in [0.3, 0.4) is 0 Å². The van der Waals surface area contributed by atoms with Crippen LogP contribution >= 0.6 is 23.2 Å². The van der Waals surface area contributed by atoms with Crippen LogP contribution < -0.4 is 9.46 Å². The van der Waals surface area contributed by atoms with Crippen LogP contribution in [0.5, 0.6) is 5.75 Å². The summed E-state index contributed by atoms with van der Waals surface area (Å²) in [5.74, 6) is 0.266. The van der Waals surface area contributed by atoms with Crippen molar-refractivity contribution < 1.29 is 13.2 Å². The summed E-state index contributed by atoms with van der Waals surface area (Å²) in [6.45, 7) is 0. The van der Waals surface area contributed by atoms with E-state index < -0.39 is 10.0 Å². The predicted octanol–water partition coefficient (Wildman–Crippen LogP) is 3.94. The first-order valence-corrected chi connectivity index (χ1v) is 8.39. The van der Waals surface area contributed by atoms with Crippen LogP contribution in [0, 0.1) is 0 Å². The molecule has 0 atom stereocenters. The fraction of sp³-hybridized carbons (Fsp3) is 0.143. The average Bonchev–Trinajstić information content (AvgIpc) is 2.41. The average molecular weight is 346 g/mol. The van der Waals surface area contributed by atoms with Gasteiger partial charge in [0.1, 0.15) is 5.75 Å². The number of anilines is 1. The van der Waals surface area contributed by atoms with Gasteiger partial charge in [-0.25, -0.2) is 8.42 Å². The molecule has 0 heterocycles. The number of methoxy groups -OCH3 is 1. The van der Waals surface area contributed by atoms with Crippen molar-refractivity contribution in [1.82, 2.24) is 0 Å². The van der Waals surface area contributed by atoms with Crippen LogP contribution in [-0.4, -0.2) is 15.5 Å². The van der Waals surface area contributed by atoms with Gasteiger partial charge in [-0.1, -0.05) is 41.4 Å². The molecule has 0 amide bonds. The highest BCUT2D eigenvalue weighted by molar-refractivity contribution is 7.91. The second kappa shape index (κ2) is 6.56. The molecule has 1 N–H and O–H groups in total. The number of nitrogens with one attached hydrogen (secondary N) is 1. The minimum atomic E-state index is -3.58. The third kappa shape index (κ3) is 4.27. The number of hydrogen-bond donors (Lipinski definition) is 1. The number of benzene rings is 2. The highest BCUT2D eigenvalue weighted by atomic mass is 35.5.